The summed E-state index contributed by atoms with van der Waals surface area (Å²) < 4.78 is 39.9. The minimum atomic E-state index is -3.64. The number of nitrogens with two attached hydrogens (primary N) is 2. The van der Waals surface area contributed by atoms with Gasteiger partial charge >= 0.3 is 0 Å². The highest BCUT2D eigenvalue weighted by atomic mass is 32.2. The van der Waals surface area contributed by atoms with E-state index in [-0.39, 0.29) is 22.6 Å². The second-order valence-corrected chi connectivity index (χ2v) is 8.36. The normalized spacial score (nSPS) is 16.8. The van der Waals surface area contributed by atoms with E-state index >= 15 is 0 Å². The fraction of sp³-hybridized carbons (Fsp3) is 0.312. The van der Waals surface area contributed by atoms with Gasteiger partial charge in [-0.2, -0.15) is 14.3 Å². The lowest BCUT2D eigenvalue weighted by atomic mass is 9.97. The number of imidazole rings is 1. The number of piperidine rings is 1. The maximum absolute atomic E-state index is 13.1. The van der Waals surface area contributed by atoms with E-state index in [2.05, 4.69) is 19.9 Å². The molecule has 0 amide bonds. The lowest BCUT2D eigenvalue weighted by Crippen LogP contribution is -2.38. The van der Waals surface area contributed by atoms with Crippen LogP contribution in [0.15, 0.2) is 29.2 Å². The topological polar surface area (TPSA) is 144 Å². The third kappa shape index (κ3) is 3.19. The molecule has 0 radical (unpaired) electrons. The number of fused-ring (bicyclic) bond motifs is 1. The molecule has 11 heteroatoms. The van der Waals surface area contributed by atoms with Crippen molar-refractivity contribution in [3.63, 3.8) is 0 Å². The third-order valence-electron chi connectivity index (χ3n) is 4.71. The number of anilines is 2. The Balaban J connectivity index is 1.52. The molecule has 1 aliphatic heterocycles. The Kier molecular flexibility index (Phi) is 4.19. The van der Waals surface area contributed by atoms with Crippen LogP contribution >= 0.6 is 0 Å². The van der Waals surface area contributed by atoms with E-state index in [0.717, 1.165) is 12.1 Å². The molecule has 3 aromatic rings. The molecule has 1 fully saturated rings. The van der Waals surface area contributed by atoms with Crippen molar-refractivity contribution in [2.75, 3.05) is 24.6 Å². The molecule has 4 rings (SSSR count). The predicted molar refractivity (Wildman–Crippen MR) is 97.6 cm³/mol. The molecule has 5 N–H and O–H groups in total. The molecule has 0 saturated carbocycles. The summed E-state index contributed by atoms with van der Waals surface area (Å²) in [6, 6.07) is 4.85. The van der Waals surface area contributed by atoms with E-state index in [1.807, 2.05) is 0 Å². The average molecular weight is 391 g/mol. The highest BCUT2D eigenvalue weighted by Gasteiger charge is 2.31. The zero-order valence-electron chi connectivity index (χ0n) is 14.3. The van der Waals surface area contributed by atoms with Crippen LogP contribution in [0.25, 0.3) is 11.2 Å². The number of hydrogen-bond donors (Lipinski definition) is 3. The molecule has 0 bridgehead atoms. The van der Waals surface area contributed by atoms with Crippen molar-refractivity contribution in [3.05, 3.63) is 35.9 Å². The third-order valence-corrected chi connectivity index (χ3v) is 6.62. The Bertz CT molecular complexity index is 1090. The van der Waals surface area contributed by atoms with Crippen LogP contribution in [0.4, 0.5) is 16.2 Å². The summed E-state index contributed by atoms with van der Waals surface area (Å²) in [6.45, 7) is 0.676. The lowest BCUT2D eigenvalue weighted by Gasteiger charge is -2.30. The summed E-state index contributed by atoms with van der Waals surface area (Å²) in [6.07, 6.45) is 1.17. The second kappa shape index (κ2) is 6.43. The van der Waals surface area contributed by atoms with E-state index in [4.69, 9.17) is 11.5 Å². The lowest BCUT2D eigenvalue weighted by molar-refractivity contribution is 0.314. The Morgan fingerprint density at radius 2 is 1.74 bits per heavy atom. The van der Waals surface area contributed by atoms with Crippen LogP contribution in [0, 0.1) is 5.82 Å². The number of nitrogens with one attached hydrogen (secondary N) is 1. The van der Waals surface area contributed by atoms with Crippen molar-refractivity contribution >= 4 is 33.0 Å². The molecule has 1 aromatic carbocycles. The minimum Gasteiger partial charge on any atom is -0.382 e. The van der Waals surface area contributed by atoms with Crippen molar-refractivity contribution in [2.45, 2.75) is 23.7 Å². The summed E-state index contributed by atoms with van der Waals surface area (Å²) in [5.74, 6) is 0.543. The molecule has 1 aliphatic rings. The highest BCUT2D eigenvalue weighted by Crippen LogP contribution is 2.31. The first kappa shape index (κ1) is 17.6. The van der Waals surface area contributed by atoms with Gasteiger partial charge in [0.15, 0.2) is 11.5 Å². The fourth-order valence-corrected chi connectivity index (χ4v) is 4.74. The van der Waals surface area contributed by atoms with Gasteiger partial charge in [-0.05, 0) is 37.1 Å². The smallest absolute Gasteiger partial charge is 0.243 e. The molecule has 0 unspecified atom stereocenters. The summed E-state index contributed by atoms with van der Waals surface area (Å²) in [4.78, 5) is 15.6. The largest absolute Gasteiger partial charge is 0.382 e. The summed E-state index contributed by atoms with van der Waals surface area (Å²) in [7, 11) is -3.64. The first-order valence-electron chi connectivity index (χ1n) is 8.39. The van der Waals surface area contributed by atoms with E-state index in [9.17, 15) is 12.8 Å². The number of benzene rings is 1. The number of aromatic amines is 1. The minimum absolute atomic E-state index is 0.0412. The monoisotopic (exact) mass is 391 g/mol. The maximum atomic E-state index is 13.1. The van der Waals surface area contributed by atoms with Gasteiger partial charge in [-0.3, -0.25) is 0 Å². The van der Waals surface area contributed by atoms with Crippen LogP contribution in [0.5, 0.6) is 0 Å². The van der Waals surface area contributed by atoms with Gasteiger partial charge in [0.25, 0.3) is 0 Å². The first-order valence-corrected chi connectivity index (χ1v) is 9.83. The Morgan fingerprint density at radius 3 is 2.41 bits per heavy atom. The van der Waals surface area contributed by atoms with Gasteiger partial charge in [-0.1, -0.05) is 0 Å². The average Bonchev–Trinajstić information content (AvgIpc) is 3.06. The van der Waals surface area contributed by atoms with Crippen LogP contribution in [-0.2, 0) is 10.0 Å². The molecular formula is C16H18FN7O2S. The molecular weight excluding hydrogens is 373 g/mol. The molecule has 0 atom stereocenters. The van der Waals surface area contributed by atoms with E-state index in [1.54, 1.807) is 0 Å². The van der Waals surface area contributed by atoms with Crippen LogP contribution in [0.1, 0.15) is 24.6 Å². The molecule has 2 aromatic heterocycles. The zero-order valence-corrected chi connectivity index (χ0v) is 15.1. The van der Waals surface area contributed by atoms with Crippen molar-refractivity contribution in [1.82, 2.24) is 24.2 Å². The van der Waals surface area contributed by atoms with Crippen molar-refractivity contribution in [3.8, 4) is 0 Å². The van der Waals surface area contributed by atoms with Crippen molar-refractivity contribution in [2.24, 2.45) is 0 Å². The van der Waals surface area contributed by atoms with Gasteiger partial charge < -0.3 is 16.5 Å². The quantitative estimate of drug-likeness (QED) is 0.609. The molecule has 1 saturated heterocycles. The Labute approximate surface area is 154 Å². The summed E-state index contributed by atoms with van der Waals surface area (Å²) in [5, 5.41) is 0. The van der Waals surface area contributed by atoms with Crippen molar-refractivity contribution in [1.29, 1.82) is 0 Å². The van der Waals surface area contributed by atoms with Crippen LogP contribution in [0.3, 0.4) is 0 Å². The molecule has 27 heavy (non-hydrogen) atoms. The van der Waals surface area contributed by atoms with Crippen LogP contribution in [0.2, 0.25) is 0 Å². The predicted octanol–water partition coefficient (Wildman–Crippen LogP) is 1.22. The fourth-order valence-electron chi connectivity index (χ4n) is 3.27. The molecule has 0 aliphatic carbocycles. The van der Waals surface area contributed by atoms with Crippen molar-refractivity contribution < 1.29 is 12.8 Å². The molecule has 3 heterocycles. The van der Waals surface area contributed by atoms with E-state index < -0.39 is 15.8 Å². The second-order valence-electron chi connectivity index (χ2n) is 6.42. The SMILES string of the molecule is Nc1nc(N)c2[nH]c(C3CCN(S(=O)(=O)c4ccc(F)cc4)CC3)nc2n1. The highest BCUT2D eigenvalue weighted by molar-refractivity contribution is 7.89. The number of hydrogen-bond acceptors (Lipinski definition) is 7. The Morgan fingerprint density at radius 1 is 1.07 bits per heavy atom. The summed E-state index contributed by atoms with van der Waals surface area (Å²) >= 11 is 0. The standard InChI is InChI=1S/C16H18FN7O2S/c17-10-1-3-11(4-2-10)27(25,26)24-7-5-9(6-8-24)14-20-12-13(18)21-16(19)23-15(12)22-14/h1-4,9H,5-8H2,(H5,18,19,20,21,22,23). The zero-order chi connectivity index (χ0) is 19.2. The number of halogens is 1. The van der Waals surface area contributed by atoms with E-state index in [1.165, 1.54) is 16.4 Å². The van der Waals surface area contributed by atoms with Gasteiger partial charge in [-0.15, -0.1) is 0 Å². The number of nitrogen functional groups attached to an aromatic ring is 2. The summed E-state index contributed by atoms with van der Waals surface area (Å²) in [5.41, 5.74) is 12.4. The van der Waals surface area contributed by atoms with Gasteiger partial charge in [0.2, 0.25) is 16.0 Å². The number of rotatable bonds is 3. The number of nitrogens with zero attached hydrogens (tertiary/aromatic N) is 4. The van der Waals surface area contributed by atoms with Gasteiger partial charge in [0, 0.05) is 19.0 Å². The maximum Gasteiger partial charge on any atom is 0.243 e. The van der Waals surface area contributed by atoms with Crippen LogP contribution < -0.4 is 11.5 Å². The van der Waals surface area contributed by atoms with Gasteiger partial charge in [0.05, 0.1) is 4.90 Å². The first-order chi connectivity index (χ1) is 12.8. The number of aromatic nitrogens is 4. The Hall–Kier alpha value is -2.79. The molecule has 0 spiro atoms. The van der Waals surface area contributed by atoms with Gasteiger partial charge in [-0.25, -0.2) is 17.8 Å². The molecule has 9 nitrogen and oxygen atoms in total. The molecule has 142 valence electrons. The van der Waals surface area contributed by atoms with E-state index in [0.29, 0.717) is 42.9 Å². The number of H-pyrrole nitrogens is 1. The van der Waals surface area contributed by atoms with Crippen LogP contribution in [-0.4, -0.2) is 45.7 Å². The van der Waals surface area contributed by atoms with Gasteiger partial charge in [0.1, 0.15) is 17.2 Å². The number of sulfonamides is 1.